The Hall–Kier alpha value is -1.62. The molecule has 1 atom stereocenters. The highest BCUT2D eigenvalue weighted by molar-refractivity contribution is 9.10. The molecular formula is C15H18BrN3O. The predicted molar refractivity (Wildman–Crippen MR) is 83.8 cm³/mol. The zero-order valence-electron chi connectivity index (χ0n) is 11.9. The van der Waals surface area contributed by atoms with Crippen molar-refractivity contribution < 1.29 is 4.79 Å². The topological polar surface area (TPSA) is 46.9 Å². The fourth-order valence-corrected chi connectivity index (χ4v) is 2.46. The number of halogens is 1. The molecule has 1 aromatic carbocycles. The maximum absolute atomic E-state index is 12.0. The molecule has 1 aromatic heterocycles. The molecule has 4 nitrogen and oxygen atoms in total. The Morgan fingerprint density at radius 3 is 2.55 bits per heavy atom. The molecule has 0 aliphatic rings. The fraction of sp³-hybridized carbons (Fsp3) is 0.333. The molecule has 1 N–H and O–H groups in total. The van der Waals surface area contributed by atoms with Crippen molar-refractivity contribution in [2.75, 3.05) is 5.32 Å². The van der Waals surface area contributed by atoms with Gasteiger partial charge in [-0.25, -0.2) is 0 Å². The molecule has 0 saturated heterocycles. The van der Waals surface area contributed by atoms with Crippen LogP contribution in [0.3, 0.4) is 0 Å². The van der Waals surface area contributed by atoms with Crippen molar-refractivity contribution in [3.05, 3.63) is 46.2 Å². The van der Waals surface area contributed by atoms with Crippen LogP contribution in [-0.4, -0.2) is 15.7 Å². The second-order valence-corrected chi connectivity index (χ2v) is 5.90. The number of anilines is 1. The summed E-state index contributed by atoms with van der Waals surface area (Å²) in [6, 6.07) is 9.61. The van der Waals surface area contributed by atoms with E-state index in [9.17, 15) is 4.79 Å². The lowest BCUT2D eigenvalue weighted by atomic mass is 10.2. The number of carbonyl (C=O) groups excluding carboxylic acids is 1. The molecule has 1 unspecified atom stereocenters. The maximum atomic E-state index is 12.0. The Balaban J connectivity index is 1.97. The van der Waals surface area contributed by atoms with Gasteiger partial charge in [0.15, 0.2) is 0 Å². The third-order valence-electron chi connectivity index (χ3n) is 3.07. The van der Waals surface area contributed by atoms with Crippen LogP contribution in [0.1, 0.15) is 30.8 Å². The van der Waals surface area contributed by atoms with Crippen LogP contribution in [0.5, 0.6) is 0 Å². The van der Waals surface area contributed by atoms with Crippen molar-refractivity contribution in [1.82, 2.24) is 9.78 Å². The number of aromatic nitrogens is 2. The van der Waals surface area contributed by atoms with Gasteiger partial charge < -0.3 is 5.32 Å². The summed E-state index contributed by atoms with van der Waals surface area (Å²) in [5, 5.41) is 7.31. The van der Waals surface area contributed by atoms with Gasteiger partial charge in [-0.15, -0.1) is 0 Å². The molecular weight excluding hydrogens is 318 g/mol. The summed E-state index contributed by atoms with van der Waals surface area (Å²) < 4.78 is 2.89. The van der Waals surface area contributed by atoms with E-state index in [0.29, 0.717) is 6.42 Å². The highest BCUT2D eigenvalue weighted by Crippen LogP contribution is 2.17. The quantitative estimate of drug-likeness (QED) is 0.922. The minimum atomic E-state index is -0.00706. The summed E-state index contributed by atoms with van der Waals surface area (Å²) in [6.07, 6.45) is 0.401. The Morgan fingerprint density at radius 2 is 2.00 bits per heavy atom. The van der Waals surface area contributed by atoms with Gasteiger partial charge >= 0.3 is 0 Å². The van der Waals surface area contributed by atoms with E-state index in [-0.39, 0.29) is 11.9 Å². The van der Waals surface area contributed by atoms with Crippen molar-refractivity contribution in [3.8, 4) is 0 Å². The molecule has 20 heavy (non-hydrogen) atoms. The van der Waals surface area contributed by atoms with Crippen LogP contribution < -0.4 is 5.32 Å². The van der Waals surface area contributed by atoms with Gasteiger partial charge in [-0.2, -0.15) is 5.10 Å². The average Bonchev–Trinajstić information content (AvgIpc) is 2.71. The van der Waals surface area contributed by atoms with E-state index >= 15 is 0 Å². The van der Waals surface area contributed by atoms with Gasteiger partial charge in [-0.1, -0.05) is 15.9 Å². The number of hydrogen-bond donors (Lipinski definition) is 1. The maximum Gasteiger partial charge on any atom is 0.226 e. The lowest BCUT2D eigenvalue weighted by molar-refractivity contribution is -0.116. The summed E-state index contributed by atoms with van der Waals surface area (Å²) in [4.78, 5) is 12.0. The van der Waals surface area contributed by atoms with Crippen molar-refractivity contribution in [3.63, 3.8) is 0 Å². The highest BCUT2D eigenvalue weighted by atomic mass is 79.9. The number of carbonyl (C=O) groups is 1. The predicted octanol–water partition coefficient (Wildman–Crippen LogP) is 3.85. The van der Waals surface area contributed by atoms with E-state index in [1.807, 2.05) is 55.8 Å². The van der Waals surface area contributed by atoms with Crippen LogP contribution in [0, 0.1) is 13.8 Å². The Kier molecular flexibility index (Phi) is 4.60. The van der Waals surface area contributed by atoms with Crippen LogP contribution in [0.15, 0.2) is 34.8 Å². The number of amides is 1. The third-order valence-corrected chi connectivity index (χ3v) is 3.60. The smallest absolute Gasteiger partial charge is 0.226 e. The monoisotopic (exact) mass is 335 g/mol. The lowest BCUT2D eigenvalue weighted by Gasteiger charge is -2.14. The number of benzene rings is 1. The summed E-state index contributed by atoms with van der Waals surface area (Å²) in [5.41, 5.74) is 2.85. The number of hydrogen-bond acceptors (Lipinski definition) is 2. The zero-order valence-corrected chi connectivity index (χ0v) is 13.4. The van der Waals surface area contributed by atoms with Crippen LogP contribution in [0.2, 0.25) is 0 Å². The first kappa shape index (κ1) is 14.8. The first-order chi connectivity index (χ1) is 9.45. The normalized spacial score (nSPS) is 12.2. The van der Waals surface area contributed by atoms with E-state index in [1.54, 1.807) is 0 Å². The number of nitrogens with zero attached hydrogens (tertiary/aromatic N) is 2. The van der Waals surface area contributed by atoms with E-state index in [2.05, 4.69) is 26.3 Å². The van der Waals surface area contributed by atoms with Crippen molar-refractivity contribution in [2.24, 2.45) is 0 Å². The second-order valence-electron chi connectivity index (χ2n) is 4.98. The average molecular weight is 336 g/mol. The van der Waals surface area contributed by atoms with E-state index in [4.69, 9.17) is 0 Å². The molecule has 1 heterocycles. The van der Waals surface area contributed by atoms with Gasteiger partial charge in [0.1, 0.15) is 0 Å². The first-order valence-electron chi connectivity index (χ1n) is 6.54. The van der Waals surface area contributed by atoms with Crippen molar-refractivity contribution in [1.29, 1.82) is 0 Å². The van der Waals surface area contributed by atoms with Crippen LogP contribution >= 0.6 is 15.9 Å². The molecule has 2 rings (SSSR count). The molecule has 0 fully saturated rings. The molecule has 0 aliphatic heterocycles. The van der Waals surface area contributed by atoms with Gasteiger partial charge in [0.2, 0.25) is 5.91 Å². The largest absolute Gasteiger partial charge is 0.326 e. The van der Waals surface area contributed by atoms with Crippen LogP contribution in [0.4, 0.5) is 5.69 Å². The first-order valence-corrected chi connectivity index (χ1v) is 7.33. The van der Waals surface area contributed by atoms with Crippen molar-refractivity contribution in [2.45, 2.75) is 33.2 Å². The SMILES string of the molecule is Cc1cc(C)n(C(C)CC(=O)Nc2ccc(Br)cc2)n1. The number of nitrogens with one attached hydrogen (secondary N) is 1. The molecule has 0 spiro atoms. The summed E-state index contributed by atoms with van der Waals surface area (Å²) in [5.74, 6) is -0.00706. The third kappa shape index (κ3) is 3.70. The molecule has 0 aliphatic carbocycles. The molecule has 0 bridgehead atoms. The lowest BCUT2D eigenvalue weighted by Crippen LogP contribution is -2.19. The molecule has 106 valence electrons. The fourth-order valence-electron chi connectivity index (χ4n) is 2.19. The van der Waals surface area contributed by atoms with E-state index in [0.717, 1.165) is 21.5 Å². The second kappa shape index (κ2) is 6.22. The van der Waals surface area contributed by atoms with Gasteiger partial charge in [0.05, 0.1) is 11.7 Å². The number of rotatable bonds is 4. The molecule has 5 heteroatoms. The molecule has 0 saturated carbocycles. The Morgan fingerprint density at radius 1 is 1.35 bits per heavy atom. The molecule has 0 radical (unpaired) electrons. The van der Waals surface area contributed by atoms with E-state index in [1.165, 1.54) is 0 Å². The standard InChI is InChI=1S/C15H18BrN3O/c1-10-8-11(2)19(18-10)12(3)9-15(20)17-14-6-4-13(16)5-7-14/h4-8,12H,9H2,1-3H3,(H,17,20). The van der Waals surface area contributed by atoms with Gasteiger partial charge in [-0.05, 0) is 51.1 Å². The minimum Gasteiger partial charge on any atom is -0.326 e. The minimum absolute atomic E-state index is 0.00706. The summed E-state index contributed by atoms with van der Waals surface area (Å²) >= 11 is 3.37. The Labute approximate surface area is 127 Å². The Bertz CT molecular complexity index is 604. The van der Waals surface area contributed by atoms with E-state index < -0.39 is 0 Å². The van der Waals surface area contributed by atoms with Crippen LogP contribution in [0.25, 0.3) is 0 Å². The summed E-state index contributed by atoms with van der Waals surface area (Å²) in [7, 11) is 0. The van der Waals surface area contributed by atoms with Crippen LogP contribution in [-0.2, 0) is 4.79 Å². The highest BCUT2D eigenvalue weighted by Gasteiger charge is 2.14. The van der Waals surface area contributed by atoms with Crippen molar-refractivity contribution >= 4 is 27.5 Å². The van der Waals surface area contributed by atoms with Gasteiger partial charge in [-0.3, -0.25) is 9.48 Å². The summed E-state index contributed by atoms with van der Waals surface area (Å²) in [6.45, 7) is 5.96. The number of aryl methyl sites for hydroxylation is 2. The molecule has 1 amide bonds. The molecule has 2 aromatic rings. The zero-order chi connectivity index (χ0) is 14.7. The van der Waals surface area contributed by atoms with Gasteiger partial charge in [0, 0.05) is 22.3 Å². The van der Waals surface area contributed by atoms with Gasteiger partial charge in [0.25, 0.3) is 0 Å².